The predicted molar refractivity (Wildman–Crippen MR) is 85.8 cm³/mol. The molecule has 5 nitrogen and oxygen atoms in total. The number of hydrogen-bond acceptors (Lipinski definition) is 4. The fourth-order valence-electron chi connectivity index (χ4n) is 3.69. The van der Waals surface area contributed by atoms with Crippen molar-refractivity contribution < 1.29 is 4.74 Å². The number of hydrogen-bond donors (Lipinski definition) is 1. The topological polar surface area (TPSA) is 52.0 Å². The Hall–Kier alpha value is -1.46. The summed E-state index contributed by atoms with van der Waals surface area (Å²) >= 11 is 0. The first-order valence-electron chi connectivity index (χ1n) is 8.49. The normalized spacial score (nSPS) is 23.4. The summed E-state index contributed by atoms with van der Waals surface area (Å²) in [6.45, 7) is 5.09. The molecule has 0 spiro atoms. The second kappa shape index (κ2) is 6.34. The average Bonchev–Trinajstić information content (AvgIpc) is 3.18. The van der Waals surface area contributed by atoms with Gasteiger partial charge < -0.3 is 14.6 Å². The molecule has 0 bridgehead atoms. The minimum atomic E-state index is 0.700. The zero-order valence-electron chi connectivity index (χ0n) is 13.0. The Balaban J connectivity index is 1.62. The number of aromatic nitrogens is 3. The molecule has 1 unspecified atom stereocenters. The van der Waals surface area contributed by atoms with Crippen molar-refractivity contribution >= 4 is 11.2 Å². The highest BCUT2D eigenvalue weighted by atomic mass is 16.5. The first-order chi connectivity index (χ1) is 10.9. The van der Waals surface area contributed by atoms with E-state index in [4.69, 9.17) is 9.72 Å². The highest BCUT2D eigenvalue weighted by Crippen LogP contribution is 2.24. The van der Waals surface area contributed by atoms with E-state index >= 15 is 0 Å². The SMILES string of the molecule is c1cnc2c(c1)nc(CC1CCOCC1)n2CC1CCNC1. The first-order valence-corrected chi connectivity index (χ1v) is 8.49. The summed E-state index contributed by atoms with van der Waals surface area (Å²) in [6.07, 6.45) is 6.50. The molecule has 0 amide bonds. The molecule has 0 saturated carbocycles. The molecule has 0 aliphatic carbocycles. The molecule has 5 heteroatoms. The van der Waals surface area contributed by atoms with Gasteiger partial charge in [0.15, 0.2) is 5.65 Å². The van der Waals surface area contributed by atoms with Gasteiger partial charge in [0.2, 0.25) is 0 Å². The molecule has 2 saturated heterocycles. The third-order valence-corrected chi connectivity index (χ3v) is 5.00. The number of rotatable bonds is 4. The molecule has 0 radical (unpaired) electrons. The van der Waals surface area contributed by atoms with E-state index < -0.39 is 0 Å². The second-order valence-electron chi connectivity index (χ2n) is 6.60. The van der Waals surface area contributed by atoms with Gasteiger partial charge in [-0.25, -0.2) is 9.97 Å². The summed E-state index contributed by atoms with van der Waals surface area (Å²) in [6, 6.07) is 4.06. The van der Waals surface area contributed by atoms with Crippen LogP contribution in [0.5, 0.6) is 0 Å². The summed E-state index contributed by atoms with van der Waals surface area (Å²) < 4.78 is 7.86. The number of nitrogens with zero attached hydrogens (tertiary/aromatic N) is 3. The minimum Gasteiger partial charge on any atom is -0.381 e. The van der Waals surface area contributed by atoms with Gasteiger partial charge in [-0.15, -0.1) is 0 Å². The van der Waals surface area contributed by atoms with Gasteiger partial charge in [0.05, 0.1) is 0 Å². The lowest BCUT2D eigenvalue weighted by molar-refractivity contribution is 0.0657. The summed E-state index contributed by atoms with van der Waals surface area (Å²) in [5.41, 5.74) is 2.09. The Morgan fingerprint density at radius 1 is 1.23 bits per heavy atom. The van der Waals surface area contributed by atoms with E-state index in [0.29, 0.717) is 11.8 Å². The molecule has 4 heterocycles. The van der Waals surface area contributed by atoms with Crippen LogP contribution in [0.2, 0.25) is 0 Å². The molecule has 2 aliphatic rings. The number of nitrogens with one attached hydrogen (secondary N) is 1. The lowest BCUT2D eigenvalue weighted by Crippen LogP contribution is -2.21. The van der Waals surface area contributed by atoms with Crippen LogP contribution in [0, 0.1) is 11.8 Å². The second-order valence-corrected chi connectivity index (χ2v) is 6.60. The van der Waals surface area contributed by atoms with Crippen LogP contribution in [-0.2, 0) is 17.7 Å². The Kier molecular flexibility index (Phi) is 4.08. The molecule has 22 heavy (non-hydrogen) atoms. The van der Waals surface area contributed by atoms with Crippen LogP contribution in [-0.4, -0.2) is 40.8 Å². The zero-order chi connectivity index (χ0) is 14.8. The first kappa shape index (κ1) is 14.2. The van der Waals surface area contributed by atoms with Crippen molar-refractivity contribution in [3.8, 4) is 0 Å². The van der Waals surface area contributed by atoms with Crippen molar-refractivity contribution in [2.45, 2.75) is 32.2 Å². The van der Waals surface area contributed by atoms with Crippen LogP contribution in [0.15, 0.2) is 18.3 Å². The fraction of sp³-hybridized carbons (Fsp3) is 0.647. The van der Waals surface area contributed by atoms with Gasteiger partial charge in [0.1, 0.15) is 11.3 Å². The van der Waals surface area contributed by atoms with Crippen molar-refractivity contribution in [3.63, 3.8) is 0 Å². The summed E-state index contributed by atoms with van der Waals surface area (Å²) in [5.74, 6) is 2.62. The average molecular weight is 300 g/mol. The van der Waals surface area contributed by atoms with Gasteiger partial charge in [-0.05, 0) is 56.3 Å². The van der Waals surface area contributed by atoms with Crippen molar-refractivity contribution in [2.24, 2.45) is 11.8 Å². The number of ether oxygens (including phenoxy) is 1. The minimum absolute atomic E-state index is 0.700. The van der Waals surface area contributed by atoms with Gasteiger partial charge in [0.25, 0.3) is 0 Å². The summed E-state index contributed by atoms with van der Waals surface area (Å²) in [4.78, 5) is 9.48. The molecule has 2 aromatic rings. The van der Waals surface area contributed by atoms with Gasteiger partial charge in [-0.2, -0.15) is 0 Å². The lowest BCUT2D eigenvalue weighted by atomic mass is 9.96. The third kappa shape index (κ3) is 2.88. The predicted octanol–water partition coefficient (Wildman–Crippen LogP) is 2.01. The molecule has 2 fully saturated rings. The van der Waals surface area contributed by atoms with Crippen LogP contribution in [0.1, 0.15) is 25.1 Å². The number of fused-ring (bicyclic) bond motifs is 1. The fourth-order valence-corrected chi connectivity index (χ4v) is 3.69. The smallest absolute Gasteiger partial charge is 0.159 e. The molecule has 0 aromatic carbocycles. The van der Waals surface area contributed by atoms with Gasteiger partial charge in [-0.3, -0.25) is 0 Å². The van der Waals surface area contributed by atoms with E-state index in [1.54, 1.807) is 0 Å². The van der Waals surface area contributed by atoms with Crippen molar-refractivity contribution in [1.82, 2.24) is 19.9 Å². The summed E-state index contributed by atoms with van der Waals surface area (Å²) in [5, 5.41) is 3.46. The molecule has 2 aliphatic heterocycles. The largest absolute Gasteiger partial charge is 0.381 e. The van der Waals surface area contributed by atoms with Crippen molar-refractivity contribution in [2.75, 3.05) is 26.3 Å². The molecule has 4 rings (SSSR count). The standard InChI is InChI=1S/C17H24N4O/c1-2-15-17(19-6-1)21(12-14-3-7-18-11-14)16(20-15)10-13-4-8-22-9-5-13/h1-2,6,13-14,18H,3-5,7-12H2. The van der Waals surface area contributed by atoms with E-state index in [-0.39, 0.29) is 0 Å². The van der Waals surface area contributed by atoms with Crippen LogP contribution < -0.4 is 5.32 Å². The van der Waals surface area contributed by atoms with Crippen molar-refractivity contribution in [3.05, 3.63) is 24.2 Å². The van der Waals surface area contributed by atoms with Gasteiger partial charge in [0, 0.05) is 32.4 Å². The quantitative estimate of drug-likeness (QED) is 0.938. The molecule has 1 atom stereocenters. The molecule has 118 valence electrons. The highest BCUT2D eigenvalue weighted by molar-refractivity contribution is 5.71. The van der Waals surface area contributed by atoms with Gasteiger partial charge in [-0.1, -0.05) is 0 Å². The van der Waals surface area contributed by atoms with E-state index in [0.717, 1.165) is 63.3 Å². The Morgan fingerprint density at radius 2 is 2.14 bits per heavy atom. The third-order valence-electron chi connectivity index (χ3n) is 5.00. The number of imidazole rings is 1. The van der Waals surface area contributed by atoms with E-state index in [1.165, 1.54) is 12.2 Å². The maximum atomic E-state index is 5.49. The van der Waals surface area contributed by atoms with Crippen LogP contribution in [0.3, 0.4) is 0 Å². The van der Waals surface area contributed by atoms with Crippen LogP contribution in [0.25, 0.3) is 11.2 Å². The Bertz CT molecular complexity index is 627. The van der Waals surface area contributed by atoms with E-state index in [2.05, 4.69) is 20.9 Å². The van der Waals surface area contributed by atoms with E-state index in [1.807, 2.05) is 12.3 Å². The zero-order valence-corrected chi connectivity index (χ0v) is 13.0. The number of pyridine rings is 1. The highest BCUT2D eigenvalue weighted by Gasteiger charge is 2.22. The maximum Gasteiger partial charge on any atom is 0.159 e. The molecule has 1 N–H and O–H groups in total. The van der Waals surface area contributed by atoms with Gasteiger partial charge >= 0.3 is 0 Å². The van der Waals surface area contributed by atoms with Crippen LogP contribution in [0.4, 0.5) is 0 Å². The van der Waals surface area contributed by atoms with E-state index in [9.17, 15) is 0 Å². The summed E-state index contributed by atoms with van der Waals surface area (Å²) in [7, 11) is 0. The lowest BCUT2D eigenvalue weighted by Gasteiger charge is -2.22. The molecular formula is C17H24N4O. The molecular weight excluding hydrogens is 276 g/mol. The Labute approximate surface area is 131 Å². The maximum absolute atomic E-state index is 5.49. The Morgan fingerprint density at radius 3 is 2.95 bits per heavy atom. The monoisotopic (exact) mass is 300 g/mol. The van der Waals surface area contributed by atoms with Crippen molar-refractivity contribution in [1.29, 1.82) is 0 Å². The molecule has 2 aromatic heterocycles. The van der Waals surface area contributed by atoms with Crippen LogP contribution >= 0.6 is 0 Å².